The molecule has 1 aromatic heterocycles. The maximum Gasteiger partial charge on any atom is 0.164 e. The molecule has 0 amide bonds. The molecule has 6 heteroatoms. The normalized spacial score (nSPS) is 10.5. The number of benzene rings is 2. The van der Waals surface area contributed by atoms with E-state index in [0.717, 1.165) is 27.8 Å². The summed E-state index contributed by atoms with van der Waals surface area (Å²) in [6.07, 6.45) is 0. The van der Waals surface area contributed by atoms with Crippen LogP contribution in [0.4, 0.5) is 0 Å². The molecular weight excluding hydrogens is 321 g/mol. The summed E-state index contributed by atoms with van der Waals surface area (Å²) in [6, 6.07) is 11.4. The van der Waals surface area contributed by atoms with Crippen molar-refractivity contribution in [3.8, 4) is 39.6 Å². The Morgan fingerprint density at radius 2 is 1.46 bits per heavy atom. The molecule has 24 heavy (non-hydrogen) atoms. The quantitative estimate of drug-likeness (QED) is 0.670. The van der Waals surface area contributed by atoms with Gasteiger partial charge in [-0.25, -0.2) is 0 Å². The van der Waals surface area contributed by atoms with Gasteiger partial charge in [0, 0.05) is 22.6 Å². The molecule has 0 fully saturated rings. The first-order chi connectivity index (χ1) is 11.7. The Morgan fingerprint density at radius 1 is 0.833 bits per heavy atom. The Kier molecular flexibility index (Phi) is 4.76. The predicted molar refractivity (Wildman–Crippen MR) is 98.0 cm³/mol. The third-order valence-electron chi connectivity index (χ3n) is 3.75. The molecule has 0 atom stereocenters. The Balaban J connectivity index is 2.16. The Labute approximate surface area is 146 Å². The molecule has 0 aliphatic heterocycles. The Hall–Kier alpha value is -2.47. The molecule has 0 bridgehead atoms. The second kappa shape index (κ2) is 6.97. The molecule has 0 aliphatic rings. The summed E-state index contributed by atoms with van der Waals surface area (Å²) in [7, 11) is 10.6. The van der Waals surface area contributed by atoms with E-state index in [4.69, 9.17) is 22.1 Å². The van der Waals surface area contributed by atoms with Crippen molar-refractivity contribution < 1.29 is 14.2 Å². The zero-order valence-electron chi connectivity index (χ0n) is 13.7. The first-order valence-electron chi connectivity index (χ1n) is 7.28. The smallest absolute Gasteiger partial charge is 0.164 e. The fourth-order valence-corrected chi connectivity index (χ4v) is 3.22. The van der Waals surface area contributed by atoms with Gasteiger partial charge in [0.25, 0.3) is 0 Å². The Bertz CT molecular complexity index is 846. The fourth-order valence-electron chi connectivity index (χ4n) is 2.51. The SMILES string of the molecule is [B]c1ccc(-c2csnc2-c2cc(OC)c(OC)cc2OC)cc1. The van der Waals surface area contributed by atoms with Gasteiger partial charge in [0.05, 0.1) is 27.0 Å². The minimum atomic E-state index is 0.613. The molecule has 3 aromatic rings. The molecule has 2 aromatic carbocycles. The number of rotatable bonds is 5. The van der Waals surface area contributed by atoms with Crippen molar-refractivity contribution in [2.75, 3.05) is 21.3 Å². The van der Waals surface area contributed by atoms with E-state index in [9.17, 15) is 0 Å². The summed E-state index contributed by atoms with van der Waals surface area (Å²) >= 11 is 1.39. The maximum absolute atomic E-state index is 5.78. The molecule has 2 radical (unpaired) electrons. The largest absolute Gasteiger partial charge is 0.496 e. The highest BCUT2D eigenvalue weighted by Crippen LogP contribution is 2.43. The summed E-state index contributed by atoms with van der Waals surface area (Å²) in [4.78, 5) is 0. The van der Waals surface area contributed by atoms with Crippen LogP contribution in [-0.4, -0.2) is 33.5 Å². The van der Waals surface area contributed by atoms with Crippen LogP contribution in [0, 0.1) is 0 Å². The second-order valence-electron chi connectivity index (χ2n) is 5.11. The van der Waals surface area contributed by atoms with Crippen LogP contribution < -0.4 is 19.7 Å². The van der Waals surface area contributed by atoms with Gasteiger partial charge in [0.2, 0.25) is 0 Å². The van der Waals surface area contributed by atoms with Crippen LogP contribution in [0.15, 0.2) is 41.8 Å². The van der Waals surface area contributed by atoms with E-state index in [2.05, 4.69) is 4.37 Å². The number of hydrogen-bond donors (Lipinski definition) is 0. The summed E-state index contributed by atoms with van der Waals surface area (Å²) in [5.41, 5.74) is 4.48. The van der Waals surface area contributed by atoms with Crippen molar-refractivity contribution in [2.45, 2.75) is 0 Å². The van der Waals surface area contributed by atoms with Gasteiger partial charge in [-0.1, -0.05) is 29.7 Å². The fraction of sp³-hybridized carbons (Fsp3) is 0.167. The predicted octanol–water partition coefficient (Wildman–Crippen LogP) is 3.30. The summed E-state index contributed by atoms with van der Waals surface area (Å²) in [5.74, 6) is 1.92. The average Bonchev–Trinajstić information content (AvgIpc) is 3.10. The average molecular weight is 337 g/mol. The van der Waals surface area contributed by atoms with E-state index in [-0.39, 0.29) is 0 Å². The van der Waals surface area contributed by atoms with E-state index in [1.165, 1.54) is 11.5 Å². The van der Waals surface area contributed by atoms with Crippen LogP contribution in [0.25, 0.3) is 22.4 Å². The van der Waals surface area contributed by atoms with Crippen LogP contribution in [0.5, 0.6) is 17.2 Å². The Morgan fingerprint density at radius 3 is 2.08 bits per heavy atom. The van der Waals surface area contributed by atoms with E-state index in [1.807, 2.05) is 35.7 Å². The van der Waals surface area contributed by atoms with Crippen LogP contribution in [0.1, 0.15) is 0 Å². The van der Waals surface area contributed by atoms with Gasteiger partial charge in [-0.3, -0.25) is 0 Å². The zero-order valence-corrected chi connectivity index (χ0v) is 14.5. The van der Waals surface area contributed by atoms with Gasteiger partial charge >= 0.3 is 0 Å². The highest BCUT2D eigenvalue weighted by molar-refractivity contribution is 7.04. The van der Waals surface area contributed by atoms with Crippen molar-refractivity contribution in [1.82, 2.24) is 4.37 Å². The van der Waals surface area contributed by atoms with Gasteiger partial charge in [-0.2, -0.15) is 4.37 Å². The number of ether oxygens (including phenoxy) is 3. The number of nitrogens with zero attached hydrogens (tertiary/aromatic N) is 1. The first kappa shape index (κ1) is 16.4. The molecule has 0 N–H and O–H groups in total. The summed E-state index contributed by atoms with van der Waals surface area (Å²) in [5, 5.41) is 2.01. The van der Waals surface area contributed by atoms with Gasteiger partial charge < -0.3 is 14.2 Å². The minimum Gasteiger partial charge on any atom is -0.496 e. The van der Waals surface area contributed by atoms with Crippen LogP contribution in [0.2, 0.25) is 0 Å². The van der Waals surface area contributed by atoms with E-state index < -0.39 is 0 Å². The molecule has 4 nitrogen and oxygen atoms in total. The van der Waals surface area contributed by atoms with Crippen molar-refractivity contribution in [3.05, 3.63) is 41.8 Å². The lowest BCUT2D eigenvalue weighted by molar-refractivity contribution is 0.349. The maximum atomic E-state index is 5.78. The van der Waals surface area contributed by atoms with Crippen molar-refractivity contribution in [2.24, 2.45) is 0 Å². The molecule has 120 valence electrons. The highest BCUT2D eigenvalue weighted by Gasteiger charge is 2.18. The molecule has 0 spiro atoms. The van der Waals surface area contributed by atoms with Gasteiger partial charge in [-0.05, 0) is 23.2 Å². The van der Waals surface area contributed by atoms with Crippen molar-refractivity contribution >= 4 is 24.8 Å². The number of methoxy groups -OCH3 is 3. The molecule has 0 saturated heterocycles. The van der Waals surface area contributed by atoms with Crippen molar-refractivity contribution in [1.29, 1.82) is 0 Å². The second-order valence-corrected chi connectivity index (χ2v) is 5.74. The third-order valence-corrected chi connectivity index (χ3v) is 4.38. The lowest BCUT2D eigenvalue weighted by Gasteiger charge is -2.14. The van der Waals surface area contributed by atoms with Crippen LogP contribution in [-0.2, 0) is 0 Å². The number of hydrogen-bond acceptors (Lipinski definition) is 5. The molecule has 1 heterocycles. The lowest BCUT2D eigenvalue weighted by Crippen LogP contribution is -1.99. The van der Waals surface area contributed by atoms with Gasteiger partial charge in [0.1, 0.15) is 13.6 Å². The first-order valence-corrected chi connectivity index (χ1v) is 8.12. The van der Waals surface area contributed by atoms with E-state index in [0.29, 0.717) is 17.2 Å². The molecule has 0 aliphatic carbocycles. The number of aromatic nitrogens is 1. The molecule has 0 unspecified atom stereocenters. The van der Waals surface area contributed by atoms with E-state index >= 15 is 0 Å². The summed E-state index contributed by atoms with van der Waals surface area (Å²) < 4.78 is 20.8. The van der Waals surface area contributed by atoms with Crippen molar-refractivity contribution in [3.63, 3.8) is 0 Å². The van der Waals surface area contributed by atoms with Gasteiger partial charge in [0.15, 0.2) is 11.5 Å². The molecular formula is C18H16BNO3S. The van der Waals surface area contributed by atoms with Crippen LogP contribution in [0.3, 0.4) is 0 Å². The summed E-state index contributed by atoms with van der Waals surface area (Å²) in [6.45, 7) is 0. The van der Waals surface area contributed by atoms with Gasteiger partial charge in [-0.15, -0.1) is 0 Å². The standard InChI is InChI=1S/C18H16BNO3S/c1-21-15-9-17(23-3)16(22-2)8-13(15)18-14(10-24-20-18)11-4-6-12(19)7-5-11/h4-10H,1-3H3. The topological polar surface area (TPSA) is 40.6 Å². The minimum absolute atomic E-state index is 0.613. The third kappa shape index (κ3) is 2.97. The zero-order chi connectivity index (χ0) is 17.1. The lowest BCUT2D eigenvalue weighted by atomic mass is 9.93. The van der Waals surface area contributed by atoms with E-state index in [1.54, 1.807) is 27.4 Å². The van der Waals surface area contributed by atoms with Crippen LogP contribution >= 0.6 is 11.5 Å². The molecule has 3 rings (SSSR count). The highest BCUT2D eigenvalue weighted by atomic mass is 32.1. The molecule has 0 saturated carbocycles. The monoisotopic (exact) mass is 337 g/mol.